The number of benzene rings is 3. The highest BCUT2D eigenvalue weighted by Gasteiger charge is 2.37. The van der Waals surface area contributed by atoms with Crippen molar-refractivity contribution in [2.45, 2.75) is 70.8 Å². The molecule has 4 saturated heterocycles. The number of hydrogen-bond donors (Lipinski definition) is 3. The number of fused-ring (bicyclic) bond motifs is 1. The summed E-state index contributed by atoms with van der Waals surface area (Å²) in [6.45, 7) is 13.0. The number of carbonyl (C=O) groups excluding carboxylic acids is 3. The van der Waals surface area contributed by atoms with Crippen molar-refractivity contribution in [3.05, 3.63) is 81.9 Å². The number of piperidine rings is 2. The molecule has 3 amide bonds. The number of aryl methyl sites for hydroxylation is 2. The molecule has 3 N–H and O–H groups in total. The molecular weight excluding hydrogens is 983 g/mol. The maximum Gasteiger partial charge on any atom is 0.234 e. The van der Waals surface area contributed by atoms with Gasteiger partial charge < -0.3 is 34.6 Å². The highest BCUT2D eigenvalue weighted by molar-refractivity contribution is 9.10. The van der Waals surface area contributed by atoms with E-state index in [4.69, 9.17) is 9.72 Å². The van der Waals surface area contributed by atoms with Crippen LogP contribution in [0.15, 0.2) is 53.3 Å². The van der Waals surface area contributed by atoms with Crippen molar-refractivity contribution in [1.82, 2.24) is 35.1 Å². The fraction of sp³-hybridized carbons (Fsp3) is 0.460. The Kier molecular flexibility index (Phi) is 14.4. The molecule has 4 aliphatic heterocycles. The number of ether oxygens (including phenoxy) is 1. The van der Waals surface area contributed by atoms with Gasteiger partial charge in [0.25, 0.3) is 0 Å². The molecule has 0 bridgehead atoms. The second-order valence-corrected chi connectivity index (χ2v) is 22.9. The van der Waals surface area contributed by atoms with E-state index in [2.05, 4.69) is 75.7 Å². The first-order valence-corrected chi connectivity index (χ1v) is 27.5. The average molecular weight is 1040 g/mol. The molecule has 0 radical (unpaired) electrons. The molecule has 0 spiro atoms. The molecule has 70 heavy (non-hydrogen) atoms. The molecule has 2 atom stereocenters. The van der Waals surface area contributed by atoms with E-state index >= 15 is 8.78 Å². The average Bonchev–Trinajstić information content (AvgIpc) is 3.85. The van der Waals surface area contributed by atoms with Crippen molar-refractivity contribution in [1.29, 1.82) is 0 Å². The van der Waals surface area contributed by atoms with E-state index in [0.29, 0.717) is 83.7 Å². The normalized spacial score (nSPS) is 19.5. The van der Waals surface area contributed by atoms with Crippen LogP contribution in [0.25, 0.3) is 10.9 Å². The van der Waals surface area contributed by atoms with Crippen LogP contribution in [0.4, 0.5) is 43.3 Å². The molecule has 4 fully saturated rings. The number of nitrogens with one attached hydrogen (secondary N) is 3. The highest BCUT2D eigenvalue weighted by Crippen LogP contribution is 2.43. The second-order valence-electron chi connectivity index (χ2n) is 18.9. The molecule has 370 valence electrons. The van der Waals surface area contributed by atoms with Crippen LogP contribution in [0.5, 0.6) is 5.75 Å². The summed E-state index contributed by atoms with van der Waals surface area (Å²) in [5.41, 5.74) is 4.43. The van der Waals surface area contributed by atoms with E-state index in [1.165, 1.54) is 12.1 Å². The molecule has 3 aromatic carbocycles. The van der Waals surface area contributed by atoms with Gasteiger partial charge in [0.2, 0.25) is 23.7 Å². The summed E-state index contributed by atoms with van der Waals surface area (Å²) in [5, 5.41) is 10.4. The summed E-state index contributed by atoms with van der Waals surface area (Å²) < 4.78 is 50.9. The Hall–Kier alpha value is -5.78. The zero-order valence-electron chi connectivity index (χ0n) is 40.2. The van der Waals surface area contributed by atoms with Crippen LogP contribution in [0.3, 0.4) is 0 Å². The molecule has 6 heterocycles. The van der Waals surface area contributed by atoms with E-state index in [9.17, 15) is 18.9 Å². The molecule has 4 aliphatic rings. The number of piperazine rings is 1. The fourth-order valence-corrected chi connectivity index (χ4v) is 12.2. The predicted octanol–water partition coefficient (Wildman–Crippen LogP) is 7.49. The third-order valence-electron chi connectivity index (χ3n) is 14.2. The number of methoxy groups -OCH3 is 1. The van der Waals surface area contributed by atoms with Crippen molar-refractivity contribution < 1.29 is 32.5 Å². The number of anilines is 6. The Morgan fingerprint density at radius 1 is 0.871 bits per heavy atom. The van der Waals surface area contributed by atoms with E-state index < -0.39 is 36.5 Å². The SMILES string of the molecule is CCc1ncc2c(P(C)(C)=O)c(Nc3nc(Nc4cc(CC)c(N5CCC(N6CCN(C(=O)C7CCN(c8cc(F)c(C9CCC(=O)NC9=O)c(F)c8)C7)CC6)CC5)cc4OC)ncc3Br)ccc2n1. The number of carbonyl (C=O) groups is 3. The van der Waals surface area contributed by atoms with Gasteiger partial charge in [0, 0.05) is 117 Å². The Bertz CT molecular complexity index is 2870. The fourth-order valence-electron chi connectivity index (χ4n) is 10.5. The number of amides is 3. The number of rotatable bonds is 13. The van der Waals surface area contributed by atoms with Gasteiger partial charge in [0.1, 0.15) is 36.2 Å². The first kappa shape index (κ1) is 49.2. The maximum absolute atomic E-state index is 15.3. The van der Waals surface area contributed by atoms with E-state index in [1.54, 1.807) is 32.8 Å². The molecule has 9 rings (SSSR count). The number of hydrogen-bond acceptors (Lipinski definition) is 14. The largest absolute Gasteiger partial charge is 0.494 e. The van der Waals surface area contributed by atoms with Gasteiger partial charge in [-0.3, -0.25) is 24.6 Å². The van der Waals surface area contributed by atoms with E-state index in [1.807, 2.05) is 28.9 Å². The van der Waals surface area contributed by atoms with Crippen LogP contribution in [0, 0.1) is 17.6 Å². The second kappa shape index (κ2) is 20.5. The number of aromatic nitrogens is 4. The van der Waals surface area contributed by atoms with Crippen molar-refractivity contribution in [3.8, 4) is 5.75 Å². The van der Waals surface area contributed by atoms with Gasteiger partial charge in [-0.15, -0.1) is 0 Å². The summed E-state index contributed by atoms with van der Waals surface area (Å²) in [6, 6.07) is 10.8. The minimum absolute atomic E-state index is 0.0253. The zero-order chi connectivity index (χ0) is 49.4. The van der Waals surface area contributed by atoms with Gasteiger partial charge in [-0.05, 0) is 97.3 Å². The van der Waals surface area contributed by atoms with Crippen LogP contribution >= 0.6 is 23.1 Å². The minimum atomic E-state index is -2.80. The molecular formula is C50H59BrF2N11O5P. The lowest BCUT2D eigenvalue weighted by atomic mass is 9.89. The Morgan fingerprint density at radius 3 is 2.27 bits per heavy atom. The minimum Gasteiger partial charge on any atom is -0.494 e. The number of halogens is 3. The van der Waals surface area contributed by atoms with E-state index in [-0.39, 0.29) is 30.2 Å². The lowest BCUT2D eigenvalue weighted by molar-refractivity contribution is -0.137. The highest BCUT2D eigenvalue weighted by atomic mass is 79.9. The summed E-state index contributed by atoms with van der Waals surface area (Å²) >= 11 is 3.61. The van der Waals surface area contributed by atoms with Crippen LogP contribution in [0.1, 0.15) is 68.8 Å². The molecule has 2 aromatic heterocycles. The Balaban J connectivity index is 0.797. The van der Waals surface area contributed by atoms with Gasteiger partial charge in [-0.2, -0.15) is 4.98 Å². The van der Waals surface area contributed by atoms with Crippen molar-refractivity contribution in [3.63, 3.8) is 0 Å². The van der Waals surface area contributed by atoms with Crippen LogP contribution in [-0.4, -0.2) is 126 Å². The molecule has 2 unspecified atom stereocenters. The molecule has 16 nitrogen and oxygen atoms in total. The van der Waals surface area contributed by atoms with Gasteiger partial charge in [0.15, 0.2) is 0 Å². The lowest BCUT2D eigenvalue weighted by Gasteiger charge is -2.44. The molecule has 5 aromatic rings. The predicted molar refractivity (Wildman–Crippen MR) is 272 cm³/mol. The van der Waals surface area contributed by atoms with Crippen LogP contribution in [-0.2, 0) is 31.8 Å². The summed E-state index contributed by atoms with van der Waals surface area (Å²) in [6.07, 6.45) is 7.54. The van der Waals surface area contributed by atoms with Gasteiger partial charge in [0.05, 0.1) is 40.3 Å². The smallest absolute Gasteiger partial charge is 0.234 e. The van der Waals surface area contributed by atoms with Crippen LogP contribution < -0.4 is 35.8 Å². The monoisotopic (exact) mass is 1040 g/mol. The van der Waals surface area contributed by atoms with Crippen molar-refractivity contribution in [2.24, 2.45) is 5.92 Å². The summed E-state index contributed by atoms with van der Waals surface area (Å²) in [4.78, 5) is 65.0. The quantitative estimate of drug-likeness (QED) is 0.0781. The maximum atomic E-state index is 15.3. The first-order valence-electron chi connectivity index (χ1n) is 24.1. The van der Waals surface area contributed by atoms with Crippen molar-refractivity contribution >= 4 is 91.5 Å². The van der Waals surface area contributed by atoms with Gasteiger partial charge >= 0.3 is 0 Å². The first-order chi connectivity index (χ1) is 33.6. The topological polar surface area (TPSA) is 178 Å². The molecule has 0 saturated carbocycles. The van der Waals surface area contributed by atoms with Crippen molar-refractivity contribution in [2.75, 3.05) is 93.2 Å². The van der Waals surface area contributed by atoms with Gasteiger partial charge in [-0.25, -0.2) is 23.7 Å². The third-order valence-corrected chi connectivity index (χ3v) is 16.3. The summed E-state index contributed by atoms with van der Waals surface area (Å²) in [5.74, 6) is -1.82. The molecule has 20 heteroatoms. The molecule has 0 aliphatic carbocycles. The standard InChI is InChI=1S/C50H59BrF2N11O5P/c1-6-29-22-40(58-50-55-27-35(51)47(60-50)57-39-10-9-38-34(46(39)70(4,5)68)26-54-43(7-2)56-38)42(69-3)25-41(29)62-16-13-31(14-17-62)61-18-20-63(21-19-61)49(67)30-12-15-64(28-30)32-23-36(52)45(37(53)24-32)33-8-11-44(65)59-48(33)66/h9-10,22-27,30-31,33H,6-8,11-21,28H2,1-5H3,(H,59,65,66)(H2,55,57,58,60). The lowest BCUT2D eigenvalue weighted by Crippen LogP contribution is -2.55. The number of imide groups is 1. The van der Waals surface area contributed by atoms with Crippen LogP contribution in [0.2, 0.25) is 0 Å². The Labute approximate surface area is 414 Å². The zero-order valence-corrected chi connectivity index (χ0v) is 42.6. The number of nitrogens with zero attached hydrogens (tertiary/aromatic N) is 8. The van der Waals surface area contributed by atoms with Gasteiger partial charge in [-0.1, -0.05) is 13.8 Å². The van der Waals surface area contributed by atoms with E-state index in [0.717, 1.165) is 79.1 Å². The Morgan fingerprint density at radius 2 is 1.60 bits per heavy atom. The summed E-state index contributed by atoms with van der Waals surface area (Å²) in [7, 11) is -1.15. The third kappa shape index (κ3) is 10.2.